The zero-order valence-electron chi connectivity index (χ0n) is 10.1. The van der Waals surface area contributed by atoms with Crippen LogP contribution in [-0.2, 0) is 0 Å². The first kappa shape index (κ1) is 11.6. The molecule has 0 atom stereocenters. The van der Waals surface area contributed by atoms with Crippen molar-refractivity contribution in [3.8, 4) is 28.5 Å². The second-order valence-corrected chi connectivity index (χ2v) is 4.95. The van der Waals surface area contributed by atoms with Gasteiger partial charge in [-0.2, -0.15) is 5.26 Å². The first-order valence-corrected chi connectivity index (χ1v) is 6.76. The summed E-state index contributed by atoms with van der Waals surface area (Å²) in [7, 11) is 0. The second kappa shape index (κ2) is 5.05. The summed E-state index contributed by atoms with van der Waals surface area (Å²) in [6.45, 7) is 0. The third-order valence-corrected chi connectivity index (χ3v) is 3.63. The minimum absolute atomic E-state index is 0.502. The van der Waals surface area contributed by atoms with E-state index in [2.05, 4.69) is 35.3 Å². The van der Waals surface area contributed by atoms with Crippen LogP contribution in [0.15, 0.2) is 60.0 Å². The lowest BCUT2D eigenvalue weighted by atomic mass is 10.0. The van der Waals surface area contributed by atoms with Gasteiger partial charge in [-0.1, -0.05) is 54.6 Å². The molecule has 1 aromatic heterocycles. The molecule has 0 fully saturated rings. The van der Waals surface area contributed by atoms with Crippen LogP contribution >= 0.6 is 11.3 Å². The summed E-state index contributed by atoms with van der Waals surface area (Å²) in [5.74, 6) is 0. The Labute approximate surface area is 115 Å². The SMILES string of the molecule is N#Cc1nc(-c2ccc(-c3ccccc3)cc2)cs1. The average Bonchev–Trinajstić information content (AvgIpc) is 2.97. The van der Waals surface area contributed by atoms with Crippen molar-refractivity contribution in [1.29, 1.82) is 5.26 Å². The van der Waals surface area contributed by atoms with Gasteiger partial charge in [-0.15, -0.1) is 11.3 Å². The Morgan fingerprint density at radius 1 is 0.842 bits per heavy atom. The summed E-state index contributed by atoms with van der Waals surface area (Å²) in [6.07, 6.45) is 0. The number of thiazole rings is 1. The Balaban J connectivity index is 1.93. The number of benzene rings is 2. The molecule has 0 bridgehead atoms. The largest absolute Gasteiger partial charge is 0.226 e. The van der Waals surface area contributed by atoms with Gasteiger partial charge < -0.3 is 0 Å². The Hall–Kier alpha value is -2.44. The number of aromatic nitrogens is 1. The second-order valence-electron chi connectivity index (χ2n) is 4.09. The first-order chi connectivity index (χ1) is 9.36. The first-order valence-electron chi connectivity index (χ1n) is 5.88. The smallest absolute Gasteiger partial charge is 0.194 e. The highest BCUT2D eigenvalue weighted by molar-refractivity contribution is 7.10. The number of nitriles is 1. The fourth-order valence-electron chi connectivity index (χ4n) is 1.92. The lowest BCUT2D eigenvalue weighted by Crippen LogP contribution is -1.80. The topological polar surface area (TPSA) is 36.7 Å². The zero-order valence-corrected chi connectivity index (χ0v) is 10.9. The molecule has 0 saturated heterocycles. The van der Waals surface area contributed by atoms with Crippen LogP contribution < -0.4 is 0 Å². The van der Waals surface area contributed by atoms with Crippen LogP contribution in [-0.4, -0.2) is 4.98 Å². The normalized spacial score (nSPS) is 10.1. The van der Waals surface area contributed by atoms with E-state index in [1.165, 1.54) is 22.5 Å². The molecule has 0 aliphatic carbocycles. The molecule has 3 heteroatoms. The summed E-state index contributed by atoms with van der Waals surface area (Å²) in [4.78, 5) is 4.26. The van der Waals surface area contributed by atoms with E-state index in [0.717, 1.165) is 11.3 Å². The Morgan fingerprint density at radius 3 is 2.11 bits per heavy atom. The van der Waals surface area contributed by atoms with Gasteiger partial charge in [0.25, 0.3) is 0 Å². The third-order valence-electron chi connectivity index (χ3n) is 2.89. The summed E-state index contributed by atoms with van der Waals surface area (Å²) in [6, 6.07) is 20.6. The highest BCUT2D eigenvalue weighted by atomic mass is 32.1. The maximum absolute atomic E-state index is 8.79. The van der Waals surface area contributed by atoms with Crippen LogP contribution in [0.2, 0.25) is 0 Å². The van der Waals surface area contributed by atoms with E-state index in [-0.39, 0.29) is 0 Å². The summed E-state index contributed by atoms with van der Waals surface area (Å²) in [5.41, 5.74) is 4.28. The maximum atomic E-state index is 8.79. The molecule has 2 aromatic carbocycles. The molecular formula is C16H10N2S. The van der Waals surface area contributed by atoms with Crippen LogP contribution in [0.4, 0.5) is 0 Å². The predicted molar refractivity (Wildman–Crippen MR) is 77.7 cm³/mol. The highest BCUT2D eigenvalue weighted by Crippen LogP contribution is 2.25. The zero-order chi connectivity index (χ0) is 13.1. The van der Waals surface area contributed by atoms with Crippen molar-refractivity contribution in [2.75, 3.05) is 0 Å². The number of nitrogens with zero attached hydrogens (tertiary/aromatic N) is 2. The van der Waals surface area contributed by atoms with Gasteiger partial charge in [0.2, 0.25) is 0 Å². The standard InChI is InChI=1S/C16H10N2S/c17-10-16-18-15(11-19-16)14-8-6-13(7-9-14)12-4-2-1-3-5-12/h1-9,11H. The van der Waals surface area contributed by atoms with E-state index >= 15 is 0 Å². The van der Waals surface area contributed by atoms with Crippen LogP contribution in [0.3, 0.4) is 0 Å². The van der Waals surface area contributed by atoms with Crippen molar-refractivity contribution in [3.05, 3.63) is 65.0 Å². The molecule has 19 heavy (non-hydrogen) atoms. The summed E-state index contributed by atoms with van der Waals surface area (Å²) < 4.78 is 0. The van der Waals surface area contributed by atoms with Gasteiger partial charge in [-0.3, -0.25) is 0 Å². The summed E-state index contributed by atoms with van der Waals surface area (Å²) in [5, 5.41) is 11.2. The van der Waals surface area contributed by atoms with Crippen LogP contribution in [0.5, 0.6) is 0 Å². The van der Waals surface area contributed by atoms with E-state index < -0.39 is 0 Å². The van der Waals surface area contributed by atoms with Crippen molar-refractivity contribution in [2.45, 2.75) is 0 Å². The Kier molecular flexibility index (Phi) is 3.09. The number of hydrogen-bond donors (Lipinski definition) is 0. The molecule has 0 spiro atoms. The van der Waals surface area contributed by atoms with Gasteiger partial charge in [0.1, 0.15) is 6.07 Å². The van der Waals surface area contributed by atoms with Gasteiger partial charge >= 0.3 is 0 Å². The summed E-state index contributed by atoms with van der Waals surface area (Å²) >= 11 is 1.37. The van der Waals surface area contributed by atoms with Crippen molar-refractivity contribution >= 4 is 11.3 Å². The monoisotopic (exact) mass is 262 g/mol. The molecule has 3 aromatic rings. The highest BCUT2D eigenvalue weighted by Gasteiger charge is 2.04. The molecule has 90 valence electrons. The van der Waals surface area contributed by atoms with E-state index in [0.29, 0.717) is 5.01 Å². The molecule has 0 saturated carbocycles. The number of hydrogen-bond acceptors (Lipinski definition) is 3. The van der Waals surface area contributed by atoms with E-state index in [4.69, 9.17) is 5.26 Å². The van der Waals surface area contributed by atoms with E-state index in [1.807, 2.05) is 35.7 Å². The molecule has 3 rings (SSSR count). The van der Waals surface area contributed by atoms with Gasteiger partial charge in [-0.05, 0) is 11.1 Å². The molecule has 0 radical (unpaired) electrons. The van der Waals surface area contributed by atoms with Gasteiger partial charge in [0.15, 0.2) is 5.01 Å². The van der Waals surface area contributed by atoms with Crippen molar-refractivity contribution < 1.29 is 0 Å². The van der Waals surface area contributed by atoms with Crippen molar-refractivity contribution in [1.82, 2.24) is 4.98 Å². The maximum Gasteiger partial charge on any atom is 0.194 e. The molecule has 0 unspecified atom stereocenters. The van der Waals surface area contributed by atoms with Crippen molar-refractivity contribution in [2.24, 2.45) is 0 Å². The third kappa shape index (κ3) is 2.40. The van der Waals surface area contributed by atoms with Gasteiger partial charge in [0.05, 0.1) is 5.69 Å². The van der Waals surface area contributed by atoms with Crippen LogP contribution in [0, 0.1) is 11.3 Å². The molecule has 0 aliphatic heterocycles. The molecule has 0 amide bonds. The lowest BCUT2D eigenvalue weighted by molar-refractivity contribution is 1.35. The lowest BCUT2D eigenvalue weighted by Gasteiger charge is -2.02. The number of rotatable bonds is 2. The fourth-order valence-corrected chi connectivity index (χ4v) is 2.54. The van der Waals surface area contributed by atoms with Crippen LogP contribution in [0.25, 0.3) is 22.4 Å². The predicted octanol–water partition coefficient (Wildman–Crippen LogP) is 4.35. The Morgan fingerprint density at radius 2 is 1.47 bits per heavy atom. The molecular weight excluding hydrogens is 252 g/mol. The minimum atomic E-state index is 0.502. The Bertz CT molecular complexity index is 721. The van der Waals surface area contributed by atoms with Crippen LogP contribution in [0.1, 0.15) is 5.01 Å². The molecule has 1 heterocycles. The van der Waals surface area contributed by atoms with E-state index in [1.54, 1.807) is 0 Å². The fraction of sp³-hybridized carbons (Fsp3) is 0. The average molecular weight is 262 g/mol. The molecule has 2 nitrogen and oxygen atoms in total. The molecule has 0 aliphatic rings. The van der Waals surface area contributed by atoms with Crippen molar-refractivity contribution in [3.63, 3.8) is 0 Å². The minimum Gasteiger partial charge on any atom is -0.226 e. The van der Waals surface area contributed by atoms with E-state index in [9.17, 15) is 0 Å². The van der Waals surface area contributed by atoms with Gasteiger partial charge in [0, 0.05) is 10.9 Å². The van der Waals surface area contributed by atoms with Gasteiger partial charge in [-0.25, -0.2) is 4.98 Å². The molecule has 0 N–H and O–H groups in total. The quantitative estimate of drug-likeness (QED) is 0.688.